The maximum atomic E-state index is 12.3. The second-order valence-electron chi connectivity index (χ2n) is 5.18. The van der Waals surface area contributed by atoms with Crippen molar-refractivity contribution in [3.8, 4) is 0 Å². The normalized spacial score (nSPS) is 12.6. The summed E-state index contributed by atoms with van der Waals surface area (Å²) in [4.78, 5) is 23.4. The topological polar surface area (TPSA) is 71.3 Å². The summed E-state index contributed by atoms with van der Waals surface area (Å²) in [5, 5.41) is 12.7. The van der Waals surface area contributed by atoms with Crippen LogP contribution in [0.25, 0.3) is 10.9 Å². The molecule has 2 aromatic rings. The molecule has 20 heavy (non-hydrogen) atoms. The predicted molar refractivity (Wildman–Crippen MR) is 76.6 cm³/mol. The first-order valence-corrected chi connectivity index (χ1v) is 6.50. The van der Waals surface area contributed by atoms with Gasteiger partial charge in [-0.25, -0.2) is 4.79 Å². The van der Waals surface area contributed by atoms with Gasteiger partial charge in [-0.2, -0.15) is 0 Å². The molecule has 106 valence electrons. The number of amides is 1. The van der Waals surface area contributed by atoms with Crippen LogP contribution in [-0.4, -0.2) is 27.6 Å². The smallest absolute Gasteiger partial charge is 0.326 e. The zero-order chi connectivity index (χ0) is 14.9. The van der Waals surface area contributed by atoms with E-state index in [4.69, 9.17) is 5.11 Å². The summed E-state index contributed by atoms with van der Waals surface area (Å²) < 4.78 is 1.77. The quantitative estimate of drug-likeness (QED) is 0.896. The Bertz CT molecular complexity index is 658. The molecule has 1 aromatic carbocycles. The second kappa shape index (κ2) is 5.36. The number of carboxylic acids is 1. The lowest BCUT2D eigenvalue weighted by Gasteiger charge is -2.18. The van der Waals surface area contributed by atoms with Crippen LogP contribution in [0.1, 0.15) is 24.3 Å². The van der Waals surface area contributed by atoms with Crippen LogP contribution in [0.15, 0.2) is 30.3 Å². The van der Waals surface area contributed by atoms with Crippen LogP contribution in [0.2, 0.25) is 0 Å². The fraction of sp³-hybridized carbons (Fsp3) is 0.333. The number of fused-ring (bicyclic) bond motifs is 1. The van der Waals surface area contributed by atoms with Gasteiger partial charge in [0.05, 0.1) is 0 Å². The molecular weight excluding hydrogens is 256 g/mol. The van der Waals surface area contributed by atoms with Gasteiger partial charge in [-0.05, 0) is 18.1 Å². The number of aryl methyl sites for hydroxylation is 1. The average molecular weight is 274 g/mol. The van der Waals surface area contributed by atoms with E-state index in [1.54, 1.807) is 31.5 Å². The van der Waals surface area contributed by atoms with Crippen LogP contribution in [0.5, 0.6) is 0 Å². The predicted octanol–water partition coefficient (Wildman–Crippen LogP) is 2.02. The summed E-state index contributed by atoms with van der Waals surface area (Å²) in [5.41, 5.74) is 1.40. The number of carbonyl (C=O) groups excluding carboxylic acids is 1. The fourth-order valence-corrected chi connectivity index (χ4v) is 2.24. The molecule has 0 aliphatic rings. The summed E-state index contributed by atoms with van der Waals surface area (Å²) >= 11 is 0. The molecule has 0 bridgehead atoms. The van der Waals surface area contributed by atoms with E-state index in [-0.39, 0.29) is 11.8 Å². The molecule has 1 aromatic heterocycles. The van der Waals surface area contributed by atoms with Gasteiger partial charge in [-0.1, -0.05) is 32.0 Å². The van der Waals surface area contributed by atoms with Gasteiger partial charge in [-0.15, -0.1) is 0 Å². The lowest BCUT2D eigenvalue weighted by atomic mass is 10.0. The molecule has 1 amide bonds. The maximum Gasteiger partial charge on any atom is 0.326 e. The number of para-hydroxylation sites is 1. The van der Waals surface area contributed by atoms with Gasteiger partial charge < -0.3 is 15.0 Å². The van der Waals surface area contributed by atoms with E-state index in [1.807, 2.05) is 24.3 Å². The fourth-order valence-electron chi connectivity index (χ4n) is 2.24. The minimum absolute atomic E-state index is 0.175. The molecule has 5 heteroatoms. The van der Waals surface area contributed by atoms with Crippen molar-refractivity contribution in [1.82, 2.24) is 9.88 Å². The van der Waals surface area contributed by atoms with Crippen molar-refractivity contribution in [2.75, 3.05) is 0 Å². The molecule has 2 N–H and O–H groups in total. The SMILES string of the molecule is CC(C)C(NC(=O)c1cc2ccccc2n1C)C(=O)O. The van der Waals surface area contributed by atoms with E-state index < -0.39 is 12.0 Å². The van der Waals surface area contributed by atoms with E-state index in [1.165, 1.54) is 0 Å². The summed E-state index contributed by atoms with van der Waals surface area (Å²) in [6.07, 6.45) is 0. The van der Waals surface area contributed by atoms with Crippen LogP contribution in [0.3, 0.4) is 0 Å². The molecule has 0 fully saturated rings. The molecule has 0 aliphatic carbocycles. The minimum atomic E-state index is -1.02. The number of aliphatic carboxylic acids is 1. The molecule has 0 radical (unpaired) electrons. The van der Waals surface area contributed by atoms with Crippen molar-refractivity contribution in [2.45, 2.75) is 19.9 Å². The summed E-state index contributed by atoms with van der Waals surface area (Å²) in [7, 11) is 1.79. The second-order valence-corrected chi connectivity index (χ2v) is 5.18. The molecule has 1 atom stereocenters. The minimum Gasteiger partial charge on any atom is -0.480 e. The molecule has 5 nitrogen and oxygen atoms in total. The number of carbonyl (C=O) groups is 2. The largest absolute Gasteiger partial charge is 0.480 e. The number of nitrogens with one attached hydrogen (secondary N) is 1. The van der Waals surface area contributed by atoms with Crippen LogP contribution in [-0.2, 0) is 11.8 Å². The van der Waals surface area contributed by atoms with Crippen LogP contribution >= 0.6 is 0 Å². The third-order valence-corrected chi connectivity index (χ3v) is 3.40. The van der Waals surface area contributed by atoms with Gasteiger partial charge in [-0.3, -0.25) is 4.79 Å². The number of rotatable bonds is 4. The van der Waals surface area contributed by atoms with Gasteiger partial charge in [0.2, 0.25) is 0 Å². The van der Waals surface area contributed by atoms with Gasteiger partial charge in [0, 0.05) is 18.0 Å². The molecule has 0 saturated heterocycles. The van der Waals surface area contributed by atoms with Gasteiger partial charge in [0.15, 0.2) is 0 Å². The average Bonchev–Trinajstić information content (AvgIpc) is 2.73. The maximum absolute atomic E-state index is 12.3. The highest BCUT2D eigenvalue weighted by Crippen LogP contribution is 2.18. The Morgan fingerprint density at radius 3 is 2.45 bits per heavy atom. The van der Waals surface area contributed by atoms with E-state index >= 15 is 0 Å². The highest BCUT2D eigenvalue weighted by Gasteiger charge is 2.25. The van der Waals surface area contributed by atoms with Gasteiger partial charge in [0.25, 0.3) is 5.91 Å². The van der Waals surface area contributed by atoms with Gasteiger partial charge >= 0.3 is 5.97 Å². The van der Waals surface area contributed by atoms with Crippen LogP contribution in [0, 0.1) is 5.92 Å². The van der Waals surface area contributed by atoms with Crippen molar-refractivity contribution >= 4 is 22.8 Å². The molecule has 0 saturated carbocycles. The molecule has 2 rings (SSSR count). The number of benzene rings is 1. The van der Waals surface area contributed by atoms with Crippen molar-refractivity contribution in [3.05, 3.63) is 36.0 Å². The van der Waals surface area contributed by atoms with Crippen molar-refractivity contribution in [1.29, 1.82) is 0 Å². The van der Waals surface area contributed by atoms with Crippen LogP contribution < -0.4 is 5.32 Å². The number of aromatic nitrogens is 1. The molecule has 0 spiro atoms. The number of hydrogen-bond donors (Lipinski definition) is 2. The Morgan fingerprint density at radius 2 is 1.90 bits per heavy atom. The molecule has 1 heterocycles. The van der Waals surface area contributed by atoms with Crippen molar-refractivity contribution in [3.63, 3.8) is 0 Å². The van der Waals surface area contributed by atoms with E-state index in [0.29, 0.717) is 5.69 Å². The lowest BCUT2D eigenvalue weighted by Crippen LogP contribution is -2.44. The summed E-state index contributed by atoms with van der Waals surface area (Å²) in [6.45, 7) is 3.53. The van der Waals surface area contributed by atoms with Gasteiger partial charge in [0.1, 0.15) is 11.7 Å². The standard InChI is InChI=1S/C15H18N2O3/c1-9(2)13(15(19)20)16-14(18)12-8-10-6-4-5-7-11(10)17(12)3/h4-9,13H,1-3H3,(H,16,18)(H,19,20). The number of nitrogens with zero attached hydrogens (tertiary/aromatic N) is 1. The monoisotopic (exact) mass is 274 g/mol. The van der Waals surface area contributed by atoms with Crippen molar-refractivity contribution in [2.24, 2.45) is 13.0 Å². The summed E-state index contributed by atoms with van der Waals surface area (Å²) in [5.74, 6) is -1.57. The van der Waals surface area contributed by atoms with E-state index in [9.17, 15) is 9.59 Å². The Morgan fingerprint density at radius 1 is 1.25 bits per heavy atom. The first kappa shape index (κ1) is 14.1. The number of carboxylic acid groups (broad SMARTS) is 1. The Labute approximate surface area is 117 Å². The third-order valence-electron chi connectivity index (χ3n) is 3.40. The molecule has 0 aliphatic heterocycles. The van der Waals surface area contributed by atoms with Crippen LogP contribution in [0.4, 0.5) is 0 Å². The van der Waals surface area contributed by atoms with E-state index in [0.717, 1.165) is 10.9 Å². The lowest BCUT2D eigenvalue weighted by molar-refractivity contribution is -0.140. The Balaban J connectivity index is 2.32. The molecule has 1 unspecified atom stereocenters. The highest BCUT2D eigenvalue weighted by molar-refractivity contribution is 6.00. The first-order valence-electron chi connectivity index (χ1n) is 6.50. The molecular formula is C15H18N2O3. The Hall–Kier alpha value is -2.30. The summed E-state index contributed by atoms with van der Waals surface area (Å²) in [6, 6.07) is 8.52. The Kier molecular flexibility index (Phi) is 3.79. The van der Waals surface area contributed by atoms with Crippen molar-refractivity contribution < 1.29 is 14.7 Å². The van der Waals surface area contributed by atoms with E-state index in [2.05, 4.69) is 5.32 Å². The third kappa shape index (κ3) is 2.52. The zero-order valence-corrected chi connectivity index (χ0v) is 11.8. The highest BCUT2D eigenvalue weighted by atomic mass is 16.4. The first-order chi connectivity index (χ1) is 9.41. The number of hydrogen-bond acceptors (Lipinski definition) is 2. The zero-order valence-electron chi connectivity index (χ0n) is 11.8.